The fourth-order valence-corrected chi connectivity index (χ4v) is 2.59. The van der Waals surface area contributed by atoms with Crippen molar-refractivity contribution in [3.05, 3.63) is 77.9 Å². The predicted octanol–water partition coefficient (Wildman–Crippen LogP) is 2.33. The first-order chi connectivity index (χ1) is 11.6. The Morgan fingerprint density at radius 2 is 1.75 bits per heavy atom. The highest BCUT2D eigenvalue weighted by Gasteiger charge is 2.09. The van der Waals surface area contributed by atoms with Crippen molar-refractivity contribution < 1.29 is 15.0 Å². The Hall–Kier alpha value is -3.14. The van der Waals surface area contributed by atoms with Gasteiger partial charge in [0.05, 0.1) is 12.0 Å². The minimum absolute atomic E-state index is 0.142. The second-order valence-electron chi connectivity index (χ2n) is 5.55. The smallest absolute Gasteiger partial charge is 0.115 e. The molecular formula is C20H16NO3-. The van der Waals surface area contributed by atoms with E-state index in [1.54, 1.807) is 18.3 Å². The van der Waals surface area contributed by atoms with Crippen molar-refractivity contribution in [1.82, 2.24) is 0 Å². The Bertz CT molecular complexity index is 880. The van der Waals surface area contributed by atoms with E-state index in [1.165, 1.54) is 12.1 Å². The monoisotopic (exact) mass is 318 g/mol. The lowest BCUT2D eigenvalue weighted by Crippen LogP contribution is -2.36. The summed E-state index contributed by atoms with van der Waals surface area (Å²) in [6.07, 6.45) is 1.80. The number of carboxylic acids is 1. The van der Waals surface area contributed by atoms with Crippen molar-refractivity contribution in [3.8, 4) is 5.75 Å². The van der Waals surface area contributed by atoms with Crippen LogP contribution < -0.4 is 5.11 Å². The molecule has 0 radical (unpaired) electrons. The van der Waals surface area contributed by atoms with Crippen LogP contribution in [0, 0.1) is 0 Å². The van der Waals surface area contributed by atoms with Crippen molar-refractivity contribution in [1.29, 1.82) is 0 Å². The molecule has 0 heterocycles. The van der Waals surface area contributed by atoms with Gasteiger partial charge in [0.1, 0.15) is 5.75 Å². The maximum Gasteiger partial charge on any atom is 0.115 e. The molecule has 1 atom stereocenters. The Labute approximate surface area is 139 Å². The van der Waals surface area contributed by atoms with Crippen LogP contribution in [0.5, 0.6) is 5.75 Å². The fraction of sp³-hybridized carbons (Fsp3) is 0.100. The molecule has 4 nitrogen and oxygen atoms in total. The van der Waals surface area contributed by atoms with Crippen molar-refractivity contribution in [2.75, 3.05) is 0 Å². The van der Waals surface area contributed by atoms with E-state index in [2.05, 4.69) is 4.99 Å². The number of phenolic OH excluding ortho intramolecular Hbond substituents is 1. The van der Waals surface area contributed by atoms with Gasteiger partial charge in [-0.1, -0.05) is 54.6 Å². The summed E-state index contributed by atoms with van der Waals surface area (Å²) >= 11 is 0. The maximum absolute atomic E-state index is 11.4. The summed E-state index contributed by atoms with van der Waals surface area (Å²) in [5.74, 6) is -1.08. The second kappa shape index (κ2) is 6.96. The summed E-state index contributed by atoms with van der Waals surface area (Å²) < 4.78 is 0. The third kappa shape index (κ3) is 3.60. The van der Waals surface area contributed by atoms with Gasteiger partial charge >= 0.3 is 0 Å². The van der Waals surface area contributed by atoms with Crippen LogP contribution in [0.4, 0.5) is 0 Å². The van der Waals surface area contributed by atoms with Crippen molar-refractivity contribution >= 4 is 23.0 Å². The van der Waals surface area contributed by atoms with Crippen LogP contribution in [-0.2, 0) is 11.2 Å². The minimum Gasteiger partial charge on any atom is -0.548 e. The van der Waals surface area contributed by atoms with E-state index in [0.29, 0.717) is 0 Å². The largest absolute Gasteiger partial charge is 0.548 e. The Morgan fingerprint density at radius 3 is 2.50 bits per heavy atom. The van der Waals surface area contributed by atoms with E-state index in [9.17, 15) is 15.0 Å². The zero-order valence-electron chi connectivity index (χ0n) is 12.9. The molecule has 1 N–H and O–H groups in total. The number of carboxylic acid groups (broad SMARTS) is 1. The lowest BCUT2D eigenvalue weighted by Gasteiger charge is -2.14. The molecule has 0 aliphatic rings. The predicted molar refractivity (Wildman–Crippen MR) is 92.1 cm³/mol. The summed E-state index contributed by atoms with van der Waals surface area (Å²) in [5, 5.41) is 22.8. The molecule has 0 spiro atoms. The Morgan fingerprint density at radius 1 is 1.04 bits per heavy atom. The van der Waals surface area contributed by atoms with Crippen molar-refractivity contribution in [2.45, 2.75) is 12.5 Å². The van der Waals surface area contributed by atoms with Gasteiger partial charge in [-0.15, -0.1) is 0 Å². The average Bonchev–Trinajstić information content (AvgIpc) is 2.60. The fourth-order valence-electron chi connectivity index (χ4n) is 2.59. The number of rotatable bonds is 5. The van der Waals surface area contributed by atoms with Crippen LogP contribution in [0.2, 0.25) is 0 Å². The number of carbonyl (C=O) groups excluding carboxylic acids is 1. The summed E-state index contributed by atoms with van der Waals surface area (Å²) in [7, 11) is 0. The normalized spacial score (nSPS) is 12.5. The highest BCUT2D eigenvalue weighted by molar-refractivity contribution is 6.00. The number of benzene rings is 3. The minimum atomic E-state index is -1.22. The van der Waals surface area contributed by atoms with Crippen molar-refractivity contribution in [3.63, 3.8) is 0 Å². The topological polar surface area (TPSA) is 72.7 Å². The number of aliphatic imine (C=N–C) groups is 1. The van der Waals surface area contributed by atoms with E-state index in [0.717, 1.165) is 21.9 Å². The number of aromatic hydroxyl groups is 1. The van der Waals surface area contributed by atoms with Gasteiger partial charge < -0.3 is 15.0 Å². The number of hydrogen-bond acceptors (Lipinski definition) is 4. The number of nitrogens with zero attached hydrogens (tertiary/aromatic N) is 1. The summed E-state index contributed by atoms with van der Waals surface area (Å²) in [6.45, 7) is 0. The molecule has 3 rings (SSSR count). The lowest BCUT2D eigenvalue weighted by molar-refractivity contribution is -0.307. The first-order valence-corrected chi connectivity index (χ1v) is 7.63. The standard InChI is InChI=1S/C20H17NO3/c22-17-10-8-14(9-11-17)12-19(20(23)24)21-13-16-6-3-5-15-4-1-2-7-18(15)16/h1-11,13,19,22H,12H2,(H,23,24)/p-1/t19-/m1/s1. The van der Waals surface area contributed by atoms with E-state index in [-0.39, 0.29) is 12.2 Å². The molecule has 0 bridgehead atoms. The molecule has 120 valence electrons. The van der Waals surface area contributed by atoms with Gasteiger partial charge in [0, 0.05) is 18.2 Å². The van der Waals surface area contributed by atoms with Gasteiger partial charge in [-0.2, -0.15) is 0 Å². The second-order valence-corrected chi connectivity index (χ2v) is 5.55. The molecule has 0 aromatic heterocycles. The quantitative estimate of drug-likeness (QED) is 0.734. The Kier molecular flexibility index (Phi) is 4.57. The SMILES string of the molecule is O=C([O-])[C@@H](Cc1ccc(O)cc1)N=Cc1cccc2ccccc12. The number of phenols is 1. The van der Waals surface area contributed by atoms with Gasteiger partial charge in [0.25, 0.3) is 0 Å². The third-order valence-corrected chi connectivity index (χ3v) is 3.85. The molecule has 0 saturated carbocycles. The van der Waals surface area contributed by atoms with Gasteiger partial charge in [0.15, 0.2) is 0 Å². The first-order valence-electron chi connectivity index (χ1n) is 7.63. The van der Waals surface area contributed by atoms with Gasteiger partial charge in [-0.05, 0) is 28.5 Å². The number of aliphatic carboxylic acids is 1. The van der Waals surface area contributed by atoms with Crippen LogP contribution in [0.25, 0.3) is 10.8 Å². The molecule has 0 saturated heterocycles. The van der Waals surface area contributed by atoms with Crippen LogP contribution >= 0.6 is 0 Å². The van der Waals surface area contributed by atoms with Crippen molar-refractivity contribution in [2.24, 2.45) is 4.99 Å². The zero-order chi connectivity index (χ0) is 16.9. The van der Waals surface area contributed by atoms with E-state index >= 15 is 0 Å². The van der Waals surface area contributed by atoms with Crippen LogP contribution in [0.3, 0.4) is 0 Å². The molecule has 0 aliphatic heterocycles. The highest BCUT2D eigenvalue weighted by Crippen LogP contribution is 2.17. The zero-order valence-corrected chi connectivity index (χ0v) is 12.9. The Balaban J connectivity index is 1.85. The summed E-state index contributed by atoms with van der Waals surface area (Å²) in [4.78, 5) is 15.6. The first kappa shape index (κ1) is 15.7. The molecule has 3 aromatic rings. The maximum atomic E-state index is 11.4. The number of fused-ring (bicyclic) bond motifs is 1. The molecule has 0 unspecified atom stereocenters. The van der Waals surface area contributed by atoms with Gasteiger partial charge in [-0.3, -0.25) is 4.99 Å². The van der Waals surface area contributed by atoms with Crippen LogP contribution in [0.1, 0.15) is 11.1 Å². The third-order valence-electron chi connectivity index (χ3n) is 3.85. The highest BCUT2D eigenvalue weighted by atomic mass is 16.4. The lowest BCUT2D eigenvalue weighted by atomic mass is 10.0. The summed E-state index contributed by atoms with van der Waals surface area (Å²) in [5.41, 5.74) is 1.64. The molecular weight excluding hydrogens is 302 g/mol. The molecule has 0 aliphatic carbocycles. The average molecular weight is 318 g/mol. The molecule has 4 heteroatoms. The van der Waals surface area contributed by atoms with E-state index in [4.69, 9.17) is 0 Å². The van der Waals surface area contributed by atoms with Gasteiger partial charge in [-0.25, -0.2) is 0 Å². The van der Waals surface area contributed by atoms with E-state index < -0.39 is 12.0 Å². The van der Waals surface area contributed by atoms with Crippen LogP contribution in [-0.4, -0.2) is 23.3 Å². The van der Waals surface area contributed by atoms with E-state index in [1.807, 2.05) is 42.5 Å². The number of hydrogen-bond donors (Lipinski definition) is 1. The number of carbonyl (C=O) groups is 1. The molecule has 24 heavy (non-hydrogen) atoms. The molecule has 3 aromatic carbocycles. The summed E-state index contributed by atoms with van der Waals surface area (Å²) in [6, 6.07) is 19.1. The van der Waals surface area contributed by atoms with Crippen LogP contribution in [0.15, 0.2) is 71.7 Å². The molecule has 0 fully saturated rings. The molecule has 0 amide bonds. The van der Waals surface area contributed by atoms with Gasteiger partial charge in [0.2, 0.25) is 0 Å².